The molecule has 104 valence electrons. The van der Waals surface area contributed by atoms with Crippen LogP contribution >= 0.6 is 0 Å². The fourth-order valence-corrected chi connectivity index (χ4v) is 2.27. The molecular formula is C12H22N2O4. The number of hydrogen-bond donors (Lipinski definition) is 3. The van der Waals surface area contributed by atoms with Crippen molar-refractivity contribution in [2.75, 3.05) is 13.7 Å². The van der Waals surface area contributed by atoms with Crippen LogP contribution in [0.1, 0.15) is 39.0 Å². The van der Waals surface area contributed by atoms with Crippen LogP contribution in [-0.2, 0) is 9.53 Å². The zero-order valence-corrected chi connectivity index (χ0v) is 11.0. The van der Waals surface area contributed by atoms with Gasteiger partial charge in [-0.05, 0) is 19.8 Å². The Kier molecular flexibility index (Phi) is 5.40. The van der Waals surface area contributed by atoms with Crippen LogP contribution in [0.5, 0.6) is 0 Å². The van der Waals surface area contributed by atoms with Gasteiger partial charge in [0.2, 0.25) is 0 Å². The van der Waals surface area contributed by atoms with E-state index in [4.69, 9.17) is 9.84 Å². The highest BCUT2D eigenvalue weighted by Crippen LogP contribution is 2.27. The van der Waals surface area contributed by atoms with Crippen molar-refractivity contribution in [1.29, 1.82) is 0 Å². The van der Waals surface area contributed by atoms with Crippen molar-refractivity contribution in [1.82, 2.24) is 10.6 Å². The molecule has 1 saturated carbocycles. The van der Waals surface area contributed by atoms with Gasteiger partial charge in [0.1, 0.15) is 0 Å². The second-order valence-electron chi connectivity index (χ2n) is 5.07. The first-order valence-electron chi connectivity index (χ1n) is 6.27. The Hall–Kier alpha value is -1.30. The van der Waals surface area contributed by atoms with E-state index >= 15 is 0 Å². The van der Waals surface area contributed by atoms with Gasteiger partial charge in [-0.25, -0.2) is 9.59 Å². The van der Waals surface area contributed by atoms with E-state index in [2.05, 4.69) is 10.6 Å². The normalized spacial score (nSPS) is 19.9. The molecule has 0 bridgehead atoms. The minimum absolute atomic E-state index is 0.0422. The molecule has 0 heterocycles. The third-order valence-corrected chi connectivity index (χ3v) is 3.31. The number of ether oxygens (including phenoxy) is 1. The van der Waals surface area contributed by atoms with Crippen LogP contribution in [0.25, 0.3) is 0 Å². The Morgan fingerprint density at radius 1 is 1.33 bits per heavy atom. The topological polar surface area (TPSA) is 87.7 Å². The first-order valence-corrected chi connectivity index (χ1v) is 6.27. The largest absolute Gasteiger partial charge is 0.480 e. The van der Waals surface area contributed by atoms with Gasteiger partial charge in [-0.1, -0.05) is 19.3 Å². The minimum atomic E-state index is -1.10. The maximum absolute atomic E-state index is 11.8. The number of nitrogens with one attached hydrogen (secondary N) is 2. The second kappa shape index (κ2) is 6.58. The molecule has 1 aliphatic rings. The summed E-state index contributed by atoms with van der Waals surface area (Å²) in [7, 11) is 1.40. The Balaban J connectivity index is 2.46. The number of rotatable bonds is 5. The van der Waals surface area contributed by atoms with Gasteiger partial charge in [0.15, 0.2) is 6.04 Å². The zero-order valence-electron chi connectivity index (χ0n) is 11.0. The van der Waals surface area contributed by atoms with Crippen molar-refractivity contribution in [2.24, 2.45) is 0 Å². The third kappa shape index (κ3) is 4.52. The SMILES string of the molecule is COCC(NC(=O)NC1(C)CCCCC1)C(=O)O. The molecule has 0 aromatic heterocycles. The quantitative estimate of drug-likeness (QED) is 0.689. The molecule has 0 spiro atoms. The van der Waals surface area contributed by atoms with E-state index in [-0.39, 0.29) is 12.1 Å². The molecule has 6 heteroatoms. The molecule has 1 rings (SSSR count). The van der Waals surface area contributed by atoms with E-state index in [0.29, 0.717) is 0 Å². The molecule has 0 saturated heterocycles. The number of carbonyl (C=O) groups excluding carboxylic acids is 1. The molecule has 18 heavy (non-hydrogen) atoms. The fourth-order valence-electron chi connectivity index (χ4n) is 2.27. The number of hydrogen-bond acceptors (Lipinski definition) is 3. The van der Waals surface area contributed by atoms with Gasteiger partial charge in [-0.15, -0.1) is 0 Å². The maximum Gasteiger partial charge on any atom is 0.328 e. The van der Waals surface area contributed by atoms with Crippen LogP contribution in [0.4, 0.5) is 4.79 Å². The van der Waals surface area contributed by atoms with Crippen LogP contribution in [0, 0.1) is 0 Å². The van der Waals surface area contributed by atoms with Gasteiger partial charge in [-0.2, -0.15) is 0 Å². The van der Waals surface area contributed by atoms with Crippen LogP contribution in [0.15, 0.2) is 0 Å². The van der Waals surface area contributed by atoms with Crippen molar-refractivity contribution in [3.8, 4) is 0 Å². The Morgan fingerprint density at radius 3 is 2.44 bits per heavy atom. The van der Waals surface area contributed by atoms with Gasteiger partial charge < -0.3 is 20.5 Å². The van der Waals surface area contributed by atoms with E-state index in [1.807, 2.05) is 6.92 Å². The summed E-state index contributed by atoms with van der Waals surface area (Å²) >= 11 is 0. The van der Waals surface area contributed by atoms with E-state index in [1.165, 1.54) is 13.5 Å². The highest BCUT2D eigenvalue weighted by molar-refractivity contribution is 5.82. The molecule has 2 amide bonds. The summed E-state index contributed by atoms with van der Waals surface area (Å²) in [5.41, 5.74) is -0.224. The number of carbonyl (C=O) groups is 2. The van der Waals surface area contributed by atoms with Gasteiger partial charge >= 0.3 is 12.0 Å². The van der Waals surface area contributed by atoms with Crippen molar-refractivity contribution in [2.45, 2.75) is 50.6 Å². The summed E-state index contributed by atoms with van der Waals surface area (Å²) in [5, 5.41) is 14.2. The summed E-state index contributed by atoms with van der Waals surface area (Å²) in [6.07, 6.45) is 5.25. The molecule has 1 fully saturated rings. The van der Waals surface area contributed by atoms with E-state index in [9.17, 15) is 9.59 Å². The lowest BCUT2D eigenvalue weighted by Crippen LogP contribution is -2.55. The monoisotopic (exact) mass is 258 g/mol. The van der Waals surface area contributed by atoms with Crippen LogP contribution < -0.4 is 10.6 Å². The summed E-state index contributed by atoms with van der Waals surface area (Å²) < 4.78 is 4.76. The highest BCUT2D eigenvalue weighted by atomic mass is 16.5. The predicted octanol–water partition coefficient (Wildman–Crippen LogP) is 1.11. The Morgan fingerprint density at radius 2 is 1.94 bits per heavy atom. The molecule has 1 atom stereocenters. The second-order valence-corrected chi connectivity index (χ2v) is 5.07. The first-order chi connectivity index (χ1) is 8.47. The van der Waals surface area contributed by atoms with Crippen LogP contribution in [-0.4, -0.2) is 42.4 Å². The average molecular weight is 258 g/mol. The Bertz CT molecular complexity index is 300. The summed E-state index contributed by atoms with van der Waals surface area (Å²) in [5.74, 6) is -1.10. The van der Waals surface area contributed by atoms with Gasteiger partial charge in [0.25, 0.3) is 0 Å². The number of methoxy groups -OCH3 is 1. The summed E-state index contributed by atoms with van der Waals surface area (Å²) in [4.78, 5) is 22.6. The van der Waals surface area contributed by atoms with Crippen molar-refractivity contribution < 1.29 is 19.4 Å². The molecule has 1 unspecified atom stereocenters. The lowest BCUT2D eigenvalue weighted by Gasteiger charge is -2.34. The molecule has 0 radical (unpaired) electrons. The van der Waals surface area contributed by atoms with Crippen molar-refractivity contribution in [3.63, 3.8) is 0 Å². The lowest BCUT2D eigenvalue weighted by atomic mass is 9.83. The third-order valence-electron chi connectivity index (χ3n) is 3.31. The fraction of sp³-hybridized carbons (Fsp3) is 0.833. The average Bonchev–Trinajstić information content (AvgIpc) is 2.28. The number of urea groups is 1. The molecule has 0 aliphatic heterocycles. The molecule has 1 aliphatic carbocycles. The van der Waals surface area contributed by atoms with Crippen molar-refractivity contribution in [3.05, 3.63) is 0 Å². The van der Waals surface area contributed by atoms with Crippen LogP contribution in [0.3, 0.4) is 0 Å². The minimum Gasteiger partial charge on any atom is -0.480 e. The van der Waals surface area contributed by atoms with Gasteiger partial charge in [0, 0.05) is 12.6 Å². The predicted molar refractivity (Wildman–Crippen MR) is 66.5 cm³/mol. The smallest absolute Gasteiger partial charge is 0.328 e. The number of carboxylic acids is 1. The highest BCUT2D eigenvalue weighted by Gasteiger charge is 2.29. The van der Waals surface area contributed by atoms with E-state index in [0.717, 1.165) is 25.7 Å². The maximum atomic E-state index is 11.8. The van der Waals surface area contributed by atoms with Gasteiger partial charge in [0.05, 0.1) is 6.61 Å². The van der Waals surface area contributed by atoms with E-state index in [1.54, 1.807) is 0 Å². The lowest BCUT2D eigenvalue weighted by molar-refractivity contribution is -0.140. The molecular weight excluding hydrogens is 236 g/mol. The van der Waals surface area contributed by atoms with Gasteiger partial charge in [-0.3, -0.25) is 0 Å². The molecule has 3 N–H and O–H groups in total. The Labute approximate surface area is 107 Å². The molecule has 0 aromatic rings. The molecule has 6 nitrogen and oxygen atoms in total. The number of aliphatic carboxylic acids is 1. The first kappa shape index (κ1) is 14.8. The van der Waals surface area contributed by atoms with Crippen molar-refractivity contribution >= 4 is 12.0 Å². The number of carboxylic acid groups (broad SMARTS) is 1. The van der Waals surface area contributed by atoms with Crippen LogP contribution in [0.2, 0.25) is 0 Å². The summed E-state index contributed by atoms with van der Waals surface area (Å²) in [6.45, 7) is 1.96. The number of amides is 2. The standard InChI is InChI=1S/C12H22N2O4/c1-12(6-4-3-5-7-12)14-11(17)13-9(8-18-2)10(15)16/h9H,3-8H2,1-2H3,(H,15,16)(H2,13,14,17). The van der Waals surface area contributed by atoms with E-state index < -0.39 is 18.0 Å². The molecule has 0 aromatic carbocycles. The zero-order chi connectivity index (χ0) is 13.6. The summed E-state index contributed by atoms with van der Waals surface area (Å²) in [6, 6.07) is -1.45.